The molecule has 0 bridgehead atoms. The van der Waals surface area contributed by atoms with E-state index in [4.69, 9.17) is 9.53 Å². The van der Waals surface area contributed by atoms with E-state index < -0.39 is 14.4 Å². The van der Waals surface area contributed by atoms with Crippen molar-refractivity contribution in [3.8, 4) is 0 Å². The first kappa shape index (κ1) is 20.8. The summed E-state index contributed by atoms with van der Waals surface area (Å²) in [5, 5.41) is 21.0. The van der Waals surface area contributed by atoms with Crippen LogP contribution in [-0.2, 0) is 4.43 Å². The average molecular weight is 373 g/mol. The molecule has 0 saturated heterocycles. The number of hydrogen-bond donors (Lipinski definition) is 2. The molecule has 0 aliphatic heterocycles. The topological polar surface area (TPSA) is 49.7 Å². The molecule has 0 saturated carbocycles. The summed E-state index contributed by atoms with van der Waals surface area (Å²) in [6.45, 7) is 7.30. The highest BCUT2D eigenvalue weighted by Gasteiger charge is 2.49. The second-order valence-electron chi connectivity index (χ2n) is 7.84. The number of aliphatic hydroxyl groups is 2. The third-order valence-corrected chi connectivity index (χ3v) is 9.92. The first-order valence-electron chi connectivity index (χ1n) is 9.46. The van der Waals surface area contributed by atoms with E-state index in [2.05, 4.69) is 69.3 Å². The van der Waals surface area contributed by atoms with E-state index >= 15 is 0 Å². The summed E-state index contributed by atoms with van der Waals surface area (Å²) in [5.74, 6) is 0. The first-order chi connectivity index (χ1) is 12.4. The van der Waals surface area contributed by atoms with Gasteiger partial charge in [-0.15, -0.1) is 0 Å². The lowest BCUT2D eigenvalue weighted by atomic mass is 10.2. The van der Waals surface area contributed by atoms with E-state index in [0.29, 0.717) is 13.0 Å². The lowest BCUT2D eigenvalue weighted by molar-refractivity contribution is 0.0849. The molecule has 142 valence electrons. The highest BCUT2D eigenvalue weighted by Crippen LogP contribution is 2.36. The molecular weight excluding hydrogens is 340 g/mol. The van der Waals surface area contributed by atoms with E-state index in [0.717, 1.165) is 12.8 Å². The Kier molecular flexibility index (Phi) is 7.59. The Morgan fingerprint density at radius 2 is 1.38 bits per heavy atom. The molecule has 2 rings (SSSR count). The molecule has 0 radical (unpaired) electrons. The summed E-state index contributed by atoms with van der Waals surface area (Å²) >= 11 is 0. The van der Waals surface area contributed by atoms with Crippen molar-refractivity contribution in [3.05, 3.63) is 60.7 Å². The van der Waals surface area contributed by atoms with Crippen LogP contribution in [0, 0.1) is 0 Å². The normalized spacial score (nSPS) is 13.6. The molecule has 0 heterocycles. The molecule has 26 heavy (non-hydrogen) atoms. The van der Waals surface area contributed by atoms with Gasteiger partial charge in [-0.3, -0.25) is 0 Å². The fourth-order valence-electron chi connectivity index (χ4n) is 3.56. The minimum Gasteiger partial charge on any atom is -0.407 e. The van der Waals surface area contributed by atoms with Crippen molar-refractivity contribution in [1.29, 1.82) is 0 Å². The molecule has 0 spiro atoms. The number of benzene rings is 2. The maximum Gasteiger partial charge on any atom is 0.261 e. The van der Waals surface area contributed by atoms with Gasteiger partial charge < -0.3 is 14.6 Å². The fourth-order valence-corrected chi connectivity index (χ4v) is 8.17. The smallest absolute Gasteiger partial charge is 0.261 e. The van der Waals surface area contributed by atoms with Crippen molar-refractivity contribution in [2.24, 2.45) is 0 Å². The molecule has 0 aliphatic carbocycles. The zero-order valence-corrected chi connectivity index (χ0v) is 17.2. The van der Waals surface area contributed by atoms with Crippen LogP contribution in [0.3, 0.4) is 0 Å². The van der Waals surface area contributed by atoms with Crippen LogP contribution in [-0.4, -0.2) is 37.8 Å². The molecular formula is C22H32O3Si. The van der Waals surface area contributed by atoms with Gasteiger partial charge in [0.2, 0.25) is 0 Å². The van der Waals surface area contributed by atoms with E-state index in [9.17, 15) is 5.11 Å². The number of hydrogen-bond acceptors (Lipinski definition) is 3. The van der Waals surface area contributed by atoms with Gasteiger partial charge >= 0.3 is 0 Å². The second kappa shape index (κ2) is 9.47. The van der Waals surface area contributed by atoms with Gasteiger partial charge in [0.05, 0.1) is 12.7 Å². The van der Waals surface area contributed by atoms with Crippen LogP contribution in [0.2, 0.25) is 5.04 Å². The SMILES string of the molecule is CC(C)(C)[Si](OCCCCC(O)CO)(c1ccccc1)c1ccccc1. The third kappa shape index (κ3) is 4.83. The Morgan fingerprint density at radius 3 is 1.81 bits per heavy atom. The highest BCUT2D eigenvalue weighted by molar-refractivity contribution is 6.99. The number of aliphatic hydroxyl groups excluding tert-OH is 2. The van der Waals surface area contributed by atoms with Gasteiger partial charge in [-0.1, -0.05) is 81.4 Å². The van der Waals surface area contributed by atoms with Gasteiger partial charge in [0.15, 0.2) is 0 Å². The molecule has 0 fully saturated rings. The molecule has 3 nitrogen and oxygen atoms in total. The van der Waals surface area contributed by atoms with E-state index in [1.807, 2.05) is 12.1 Å². The summed E-state index contributed by atoms with van der Waals surface area (Å²) in [5.41, 5.74) is 0. The Balaban J connectivity index is 2.29. The predicted molar refractivity (Wildman–Crippen MR) is 111 cm³/mol. The van der Waals surface area contributed by atoms with Gasteiger partial charge in [0, 0.05) is 6.61 Å². The van der Waals surface area contributed by atoms with Crippen LogP contribution in [0.4, 0.5) is 0 Å². The zero-order valence-electron chi connectivity index (χ0n) is 16.2. The van der Waals surface area contributed by atoms with E-state index in [-0.39, 0.29) is 11.6 Å². The molecule has 0 amide bonds. The summed E-state index contributed by atoms with van der Waals surface area (Å²) < 4.78 is 6.78. The Labute approximate surface area is 158 Å². The highest BCUT2D eigenvalue weighted by atomic mass is 28.4. The monoisotopic (exact) mass is 372 g/mol. The summed E-state index contributed by atoms with van der Waals surface area (Å²) in [7, 11) is -2.45. The van der Waals surface area contributed by atoms with Crippen molar-refractivity contribution in [2.45, 2.75) is 51.2 Å². The maximum absolute atomic E-state index is 9.52. The fraction of sp³-hybridized carbons (Fsp3) is 0.455. The molecule has 2 aromatic rings. The van der Waals surface area contributed by atoms with E-state index in [1.165, 1.54) is 10.4 Å². The molecule has 1 atom stereocenters. The summed E-state index contributed by atoms with van der Waals surface area (Å²) in [6.07, 6.45) is 1.71. The van der Waals surface area contributed by atoms with Crippen LogP contribution >= 0.6 is 0 Å². The largest absolute Gasteiger partial charge is 0.407 e. The predicted octanol–water partition coefficient (Wildman–Crippen LogP) is 3.09. The summed E-state index contributed by atoms with van der Waals surface area (Å²) in [6, 6.07) is 21.2. The summed E-state index contributed by atoms with van der Waals surface area (Å²) in [4.78, 5) is 0. The Morgan fingerprint density at radius 1 is 0.885 bits per heavy atom. The van der Waals surface area contributed by atoms with Crippen molar-refractivity contribution >= 4 is 18.7 Å². The van der Waals surface area contributed by atoms with Gasteiger partial charge in [-0.2, -0.15) is 0 Å². The van der Waals surface area contributed by atoms with Gasteiger partial charge in [0.25, 0.3) is 8.32 Å². The lowest BCUT2D eigenvalue weighted by Gasteiger charge is -2.43. The average Bonchev–Trinajstić information content (AvgIpc) is 2.65. The molecule has 0 aliphatic rings. The van der Waals surface area contributed by atoms with Crippen molar-refractivity contribution in [3.63, 3.8) is 0 Å². The molecule has 0 aromatic heterocycles. The second-order valence-corrected chi connectivity index (χ2v) is 12.1. The minimum atomic E-state index is -2.45. The standard InChI is InChI=1S/C22H32O3Si/c1-22(2,3)26(20-13-6-4-7-14-20,21-15-8-5-9-16-21)25-17-11-10-12-19(24)18-23/h4-9,13-16,19,23-24H,10-12,17-18H2,1-3H3. The third-order valence-electron chi connectivity index (χ3n) is 4.88. The van der Waals surface area contributed by atoms with Crippen molar-refractivity contribution in [2.75, 3.05) is 13.2 Å². The van der Waals surface area contributed by atoms with Crippen LogP contribution < -0.4 is 10.4 Å². The molecule has 2 N–H and O–H groups in total. The van der Waals surface area contributed by atoms with Crippen LogP contribution in [0.25, 0.3) is 0 Å². The Hall–Kier alpha value is -1.46. The number of rotatable bonds is 9. The van der Waals surface area contributed by atoms with Crippen molar-refractivity contribution in [1.82, 2.24) is 0 Å². The van der Waals surface area contributed by atoms with Gasteiger partial charge in [-0.25, -0.2) is 0 Å². The zero-order chi connectivity index (χ0) is 19.0. The Bertz CT molecular complexity index is 598. The van der Waals surface area contributed by atoms with Crippen LogP contribution in [0.1, 0.15) is 40.0 Å². The molecule has 2 aromatic carbocycles. The maximum atomic E-state index is 9.52. The molecule has 4 heteroatoms. The van der Waals surface area contributed by atoms with Gasteiger partial charge in [-0.05, 0) is 34.7 Å². The quantitative estimate of drug-likeness (QED) is 0.525. The van der Waals surface area contributed by atoms with Crippen LogP contribution in [0.5, 0.6) is 0 Å². The number of unbranched alkanes of at least 4 members (excludes halogenated alkanes) is 1. The first-order valence-corrected chi connectivity index (χ1v) is 11.4. The molecule has 1 unspecified atom stereocenters. The van der Waals surface area contributed by atoms with E-state index in [1.54, 1.807) is 0 Å². The van der Waals surface area contributed by atoms with Gasteiger partial charge in [0.1, 0.15) is 0 Å². The van der Waals surface area contributed by atoms with Crippen LogP contribution in [0.15, 0.2) is 60.7 Å². The lowest BCUT2D eigenvalue weighted by Crippen LogP contribution is -2.66. The minimum absolute atomic E-state index is 0.0136. The van der Waals surface area contributed by atoms with Crippen molar-refractivity contribution < 1.29 is 14.6 Å².